The van der Waals surface area contributed by atoms with Gasteiger partial charge in [-0.15, -0.1) is 0 Å². The minimum atomic E-state index is -4.25. The Morgan fingerprint density at radius 3 is 2.50 bits per heavy atom. The monoisotopic (exact) mass is 603 g/mol. The number of sulfonamides is 1. The molecule has 3 heterocycles. The van der Waals surface area contributed by atoms with Crippen molar-refractivity contribution in [3.63, 3.8) is 0 Å². The third kappa shape index (κ3) is 7.39. The molecule has 2 amide bonds. The second kappa shape index (κ2) is 12.8. The van der Waals surface area contributed by atoms with Gasteiger partial charge in [-0.2, -0.15) is 5.26 Å². The quantitative estimate of drug-likeness (QED) is 0.427. The van der Waals surface area contributed by atoms with Crippen molar-refractivity contribution in [3.8, 4) is 6.07 Å². The van der Waals surface area contributed by atoms with Crippen molar-refractivity contribution in [1.29, 1.82) is 5.26 Å². The molecule has 224 valence electrons. The van der Waals surface area contributed by atoms with Crippen LogP contribution in [-0.2, 0) is 36.6 Å². The van der Waals surface area contributed by atoms with Gasteiger partial charge < -0.3 is 14.5 Å². The highest BCUT2D eigenvalue weighted by molar-refractivity contribution is 7.89. The zero-order valence-electron chi connectivity index (χ0n) is 23.2. The number of pyridine rings is 1. The van der Waals surface area contributed by atoms with E-state index in [1.807, 2.05) is 4.72 Å². The van der Waals surface area contributed by atoms with Gasteiger partial charge in [0.15, 0.2) is 0 Å². The van der Waals surface area contributed by atoms with Crippen LogP contribution in [0.5, 0.6) is 0 Å². The summed E-state index contributed by atoms with van der Waals surface area (Å²) in [6.07, 6.45) is 1.15. The molecule has 1 aromatic heterocycles. The lowest BCUT2D eigenvalue weighted by Gasteiger charge is -2.33. The van der Waals surface area contributed by atoms with Crippen LogP contribution in [-0.4, -0.2) is 61.8 Å². The normalized spacial score (nSPS) is 16.0. The first-order valence-electron chi connectivity index (χ1n) is 13.5. The van der Waals surface area contributed by atoms with E-state index >= 15 is 0 Å². The van der Waals surface area contributed by atoms with E-state index in [0.717, 1.165) is 12.1 Å². The van der Waals surface area contributed by atoms with Gasteiger partial charge in [-0.05, 0) is 45.2 Å². The number of aromatic nitrogens is 1. The lowest BCUT2D eigenvalue weighted by molar-refractivity contribution is -0.128. The van der Waals surface area contributed by atoms with E-state index in [1.165, 1.54) is 6.07 Å². The molecule has 0 radical (unpaired) electrons. The first-order chi connectivity index (χ1) is 19.9. The van der Waals surface area contributed by atoms with E-state index < -0.39 is 51.3 Å². The first kappa shape index (κ1) is 30.8. The van der Waals surface area contributed by atoms with Crippen LogP contribution in [0.15, 0.2) is 24.3 Å². The first-order valence-corrected chi connectivity index (χ1v) is 15.2. The Kier molecular flexibility index (Phi) is 9.40. The molecule has 0 unspecified atom stereocenters. The van der Waals surface area contributed by atoms with E-state index in [1.54, 1.807) is 23.6 Å². The van der Waals surface area contributed by atoms with Gasteiger partial charge in [-0.3, -0.25) is 14.3 Å². The maximum absolute atomic E-state index is 13.9. The minimum absolute atomic E-state index is 0.0603. The summed E-state index contributed by atoms with van der Waals surface area (Å²) in [5, 5.41) is 9.87. The Labute approximate surface area is 242 Å². The van der Waals surface area contributed by atoms with Crippen molar-refractivity contribution >= 4 is 33.6 Å². The Morgan fingerprint density at radius 2 is 1.90 bits per heavy atom. The molecule has 0 spiro atoms. The fourth-order valence-corrected chi connectivity index (χ4v) is 6.15. The second-order valence-electron chi connectivity index (χ2n) is 10.6. The Balaban J connectivity index is 1.48. The molecule has 2 aliphatic rings. The number of halogens is 2. The summed E-state index contributed by atoms with van der Waals surface area (Å²) in [7, 11) is -4.25. The molecule has 2 aliphatic heterocycles. The largest absolute Gasteiger partial charge is 0.459 e. The zero-order valence-corrected chi connectivity index (χ0v) is 24.0. The number of amides is 2. The molecule has 0 aliphatic carbocycles. The van der Waals surface area contributed by atoms with Crippen molar-refractivity contribution in [1.82, 2.24) is 14.6 Å². The van der Waals surface area contributed by atoms with E-state index in [0.29, 0.717) is 37.0 Å². The number of hydrogen-bond acceptors (Lipinski definition) is 9. The number of rotatable bonds is 9. The fourth-order valence-electron chi connectivity index (χ4n) is 4.96. The number of ether oxygens (including phenoxy) is 1. The standard InChI is InChI=1S/C28H31F2N5O6S/c1-17(2)41-28(38)22-12-20(14-31)26(32-24(22)15-35-9-3-4-25(35)36)34-10-7-18(8-11-34)27(37)33-42(39,40)16-19-5-6-21(29)13-23(19)30/h5-6,12-13,17-18H,3-4,7-11,15-16H2,1-2H3,(H,33,37). The molecule has 1 aromatic carbocycles. The van der Waals surface area contributed by atoms with Crippen LogP contribution in [0.3, 0.4) is 0 Å². The minimum Gasteiger partial charge on any atom is -0.459 e. The van der Waals surface area contributed by atoms with Gasteiger partial charge in [0.2, 0.25) is 21.8 Å². The summed E-state index contributed by atoms with van der Waals surface area (Å²) in [5.41, 5.74) is 0.243. The van der Waals surface area contributed by atoms with Crippen molar-refractivity contribution in [3.05, 3.63) is 58.3 Å². The Hall–Kier alpha value is -4.12. The summed E-state index contributed by atoms with van der Waals surface area (Å²) in [4.78, 5) is 45.9. The van der Waals surface area contributed by atoms with Crippen molar-refractivity contribution < 1.29 is 36.3 Å². The molecule has 14 heteroatoms. The smallest absolute Gasteiger partial charge is 0.340 e. The average Bonchev–Trinajstić information content (AvgIpc) is 3.33. The number of likely N-dealkylation sites (tertiary alicyclic amines) is 1. The van der Waals surface area contributed by atoms with E-state index in [2.05, 4.69) is 11.1 Å². The SMILES string of the molecule is CC(C)OC(=O)c1cc(C#N)c(N2CCC(C(=O)NS(=O)(=O)Cc3ccc(F)cc3F)CC2)nc1CN1CCCC1=O. The highest BCUT2D eigenvalue weighted by Gasteiger charge is 2.31. The van der Waals surface area contributed by atoms with Gasteiger partial charge in [0, 0.05) is 43.6 Å². The number of piperidine rings is 1. The highest BCUT2D eigenvalue weighted by Crippen LogP contribution is 2.28. The molecular formula is C28H31F2N5O6S. The molecule has 0 bridgehead atoms. The van der Waals surface area contributed by atoms with E-state index in [-0.39, 0.29) is 55.1 Å². The summed E-state index contributed by atoms with van der Waals surface area (Å²) in [6.45, 7) is 4.49. The van der Waals surface area contributed by atoms with Crippen LogP contribution in [0, 0.1) is 28.9 Å². The number of anilines is 1. The fraction of sp³-hybridized carbons (Fsp3) is 0.464. The van der Waals surface area contributed by atoms with Crippen LogP contribution in [0.4, 0.5) is 14.6 Å². The van der Waals surface area contributed by atoms with Gasteiger partial charge in [0.25, 0.3) is 0 Å². The predicted octanol–water partition coefficient (Wildman–Crippen LogP) is 2.78. The summed E-state index contributed by atoms with van der Waals surface area (Å²) in [6, 6.07) is 5.98. The Morgan fingerprint density at radius 1 is 1.19 bits per heavy atom. The lowest BCUT2D eigenvalue weighted by Crippen LogP contribution is -2.43. The molecule has 4 rings (SSSR count). The van der Waals surface area contributed by atoms with Gasteiger partial charge in [0.1, 0.15) is 23.5 Å². The number of carbonyl (C=O) groups excluding carboxylic acids is 3. The molecule has 1 N–H and O–H groups in total. The molecule has 11 nitrogen and oxygen atoms in total. The van der Waals surface area contributed by atoms with E-state index in [4.69, 9.17) is 4.74 Å². The maximum atomic E-state index is 13.9. The molecule has 0 saturated carbocycles. The van der Waals surface area contributed by atoms with Gasteiger partial charge in [-0.1, -0.05) is 6.07 Å². The topological polar surface area (TPSA) is 150 Å². The van der Waals surface area contributed by atoms with Crippen LogP contribution in [0.1, 0.15) is 66.7 Å². The number of nitriles is 1. The van der Waals surface area contributed by atoms with Gasteiger partial charge >= 0.3 is 5.97 Å². The molecule has 2 fully saturated rings. The number of nitrogens with zero attached hydrogens (tertiary/aromatic N) is 4. The van der Waals surface area contributed by atoms with Crippen LogP contribution in [0.25, 0.3) is 0 Å². The molecule has 42 heavy (non-hydrogen) atoms. The highest BCUT2D eigenvalue weighted by atomic mass is 32.2. The summed E-state index contributed by atoms with van der Waals surface area (Å²) >= 11 is 0. The average molecular weight is 604 g/mol. The van der Waals surface area contributed by atoms with Crippen molar-refractivity contribution in [2.24, 2.45) is 5.92 Å². The lowest BCUT2D eigenvalue weighted by atomic mass is 9.96. The molecule has 2 saturated heterocycles. The predicted molar refractivity (Wildman–Crippen MR) is 146 cm³/mol. The van der Waals surface area contributed by atoms with Crippen LogP contribution >= 0.6 is 0 Å². The number of esters is 1. The number of nitrogens with one attached hydrogen (secondary N) is 1. The third-order valence-electron chi connectivity index (χ3n) is 7.06. The number of benzene rings is 1. The zero-order chi connectivity index (χ0) is 30.6. The second-order valence-corrected chi connectivity index (χ2v) is 12.3. The molecular weight excluding hydrogens is 572 g/mol. The molecule has 2 aromatic rings. The van der Waals surface area contributed by atoms with E-state index in [9.17, 15) is 36.8 Å². The van der Waals surface area contributed by atoms with Gasteiger partial charge in [-0.25, -0.2) is 27.0 Å². The maximum Gasteiger partial charge on any atom is 0.340 e. The summed E-state index contributed by atoms with van der Waals surface area (Å²) < 4.78 is 59.4. The van der Waals surface area contributed by atoms with Gasteiger partial charge in [0.05, 0.1) is 35.2 Å². The van der Waals surface area contributed by atoms with Crippen LogP contribution in [0.2, 0.25) is 0 Å². The number of carbonyl (C=O) groups is 3. The van der Waals surface area contributed by atoms with Crippen molar-refractivity contribution in [2.45, 2.75) is 57.9 Å². The molecule has 0 atom stereocenters. The third-order valence-corrected chi connectivity index (χ3v) is 8.26. The number of hydrogen-bond donors (Lipinski definition) is 1. The van der Waals surface area contributed by atoms with Crippen molar-refractivity contribution in [2.75, 3.05) is 24.5 Å². The Bertz CT molecular complexity index is 1530. The summed E-state index contributed by atoms with van der Waals surface area (Å²) in [5.74, 6) is -4.55. The van der Waals surface area contributed by atoms with Crippen LogP contribution < -0.4 is 9.62 Å².